The van der Waals surface area contributed by atoms with Crippen molar-refractivity contribution in [3.05, 3.63) is 56.0 Å². The Hall–Kier alpha value is -2.42. The second-order valence-corrected chi connectivity index (χ2v) is 4.42. The van der Waals surface area contributed by atoms with Crippen LogP contribution in [0.5, 0.6) is 0 Å². The molecule has 1 aromatic carbocycles. The smallest absolute Gasteiger partial charge is 0.307 e. The number of halogens is 2. The van der Waals surface area contributed by atoms with Gasteiger partial charge in [-0.2, -0.15) is 4.39 Å². The van der Waals surface area contributed by atoms with Gasteiger partial charge in [0.1, 0.15) is 5.82 Å². The molecule has 1 aromatic heterocycles. The first-order chi connectivity index (χ1) is 9.49. The van der Waals surface area contributed by atoms with Gasteiger partial charge >= 0.3 is 5.69 Å². The number of hydrogen-bond acceptors (Lipinski definition) is 5. The minimum absolute atomic E-state index is 0.0559. The van der Waals surface area contributed by atoms with E-state index in [1.807, 2.05) is 0 Å². The number of thiazole rings is 1. The molecule has 0 spiro atoms. The Labute approximate surface area is 115 Å². The molecule has 1 N–H and O–H groups in total. The number of carbonyl (C=O) groups is 1. The van der Waals surface area contributed by atoms with Gasteiger partial charge in [0.05, 0.1) is 34.3 Å². The van der Waals surface area contributed by atoms with Crippen molar-refractivity contribution in [1.29, 1.82) is 0 Å². The summed E-state index contributed by atoms with van der Waals surface area (Å²) in [6.45, 7) is 0.0559. The molecule has 0 radical (unpaired) electrons. The van der Waals surface area contributed by atoms with Crippen LogP contribution in [-0.4, -0.2) is 15.8 Å². The summed E-state index contributed by atoms with van der Waals surface area (Å²) >= 11 is 1.33. The summed E-state index contributed by atoms with van der Waals surface area (Å²) in [5, 5.41) is 14.5. The normalized spacial score (nSPS) is 10.3. The van der Waals surface area contributed by atoms with E-state index in [0.29, 0.717) is 17.8 Å². The number of nitrogens with one attached hydrogen (secondary N) is 1. The average Bonchev–Trinajstić information content (AvgIpc) is 2.91. The molecule has 1 heterocycles. The van der Waals surface area contributed by atoms with Crippen LogP contribution in [0.4, 0.5) is 14.5 Å². The third-order valence-electron chi connectivity index (χ3n) is 2.39. The number of hydrogen-bond donors (Lipinski definition) is 1. The van der Waals surface area contributed by atoms with Crippen LogP contribution < -0.4 is 5.32 Å². The number of nitrogens with zero attached hydrogens (tertiary/aromatic N) is 2. The molecule has 0 aliphatic heterocycles. The van der Waals surface area contributed by atoms with E-state index < -0.39 is 33.7 Å². The lowest BCUT2D eigenvalue weighted by Gasteiger charge is -2.05. The molecule has 9 heteroatoms. The molecule has 0 bridgehead atoms. The number of aromatic nitrogens is 1. The molecule has 0 fully saturated rings. The summed E-state index contributed by atoms with van der Waals surface area (Å²) < 4.78 is 26.9. The largest absolute Gasteiger partial charge is 0.346 e. The van der Waals surface area contributed by atoms with E-state index in [2.05, 4.69) is 10.3 Å². The molecule has 6 nitrogen and oxygen atoms in total. The third-order valence-corrected chi connectivity index (χ3v) is 3.03. The molecule has 0 atom stereocenters. The fourth-order valence-corrected chi connectivity index (χ4v) is 2.00. The highest BCUT2D eigenvalue weighted by atomic mass is 32.1. The van der Waals surface area contributed by atoms with Crippen molar-refractivity contribution in [2.75, 3.05) is 0 Å². The summed E-state index contributed by atoms with van der Waals surface area (Å²) in [6, 6.07) is 0.886. The van der Waals surface area contributed by atoms with E-state index in [1.165, 1.54) is 11.3 Å². The van der Waals surface area contributed by atoms with Crippen molar-refractivity contribution in [3.8, 4) is 0 Å². The fourth-order valence-electron chi connectivity index (χ4n) is 1.44. The Morgan fingerprint density at radius 2 is 2.15 bits per heavy atom. The second-order valence-electron chi connectivity index (χ2n) is 3.70. The maximum atomic E-state index is 13.6. The average molecular weight is 299 g/mol. The standard InChI is InChI=1S/C11H7F2N3O3S/c12-8-2-10(16(18)19)9(13)1-7(8)11(17)14-3-6-4-20-5-15-6/h1-2,4-5H,3H2,(H,14,17). The first-order valence-corrected chi connectivity index (χ1v) is 6.22. The number of benzene rings is 1. The number of nitro groups is 1. The SMILES string of the molecule is O=C(NCc1cscn1)c1cc(F)c([N+](=O)[O-])cc1F. The first-order valence-electron chi connectivity index (χ1n) is 5.27. The fraction of sp³-hybridized carbons (Fsp3) is 0.0909. The summed E-state index contributed by atoms with van der Waals surface area (Å²) in [5.74, 6) is -3.30. The zero-order valence-corrected chi connectivity index (χ0v) is 10.6. The predicted octanol–water partition coefficient (Wildman–Crippen LogP) is 2.26. The minimum atomic E-state index is -1.27. The van der Waals surface area contributed by atoms with Crippen molar-refractivity contribution < 1.29 is 18.5 Å². The highest BCUT2D eigenvalue weighted by molar-refractivity contribution is 7.07. The summed E-state index contributed by atoms with van der Waals surface area (Å²) in [5.41, 5.74) is 0.529. The van der Waals surface area contributed by atoms with E-state index in [1.54, 1.807) is 10.9 Å². The molecular weight excluding hydrogens is 292 g/mol. The van der Waals surface area contributed by atoms with Crippen molar-refractivity contribution in [2.24, 2.45) is 0 Å². The molecule has 0 aliphatic rings. The van der Waals surface area contributed by atoms with Crippen LogP contribution in [0.25, 0.3) is 0 Å². The van der Waals surface area contributed by atoms with Crippen LogP contribution in [0.2, 0.25) is 0 Å². The number of nitro benzene ring substituents is 1. The maximum absolute atomic E-state index is 13.6. The molecular formula is C11H7F2N3O3S. The molecule has 20 heavy (non-hydrogen) atoms. The molecule has 2 aromatic rings. The van der Waals surface area contributed by atoms with Crippen LogP contribution in [0, 0.1) is 21.7 Å². The van der Waals surface area contributed by atoms with Gasteiger partial charge in [0.25, 0.3) is 5.91 Å². The Morgan fingerprint density at radius 3 is 2.75 bits per heavy atom. The minimum Gasteiger partial charge on any atom is -0.346 e. The van der Waals surface area contributed by atoms with Crippen LogP contribution in [-0.2, 0) is 6.54 Å². The lowest BCUT2D eigenvalue weighted by Crippen LogP contribution is -2.24. The van der Waals surface area contributed by atoms with Gasteiger partial charge in [-0.15, -0.1) is 11.3 Å². The van der Waals surface area contributed by atoms with Gasteiger partial charge in [0.2, 0.25) is 5.82 Å². The van der Waals surface area contributed by atoms with Crippen molar-refractivity contribution in [1.82, 2.24) is 10.3 Å². The first kappa shape index (κ1) is 14.0. The Kier molecular flexibility index (Phi) is 3.99. The highest BCUT2D eigenvalue weighted by Crippen LogP contribution is 2.21. The summed E-state index contributed by atoms with van der Waals surface area (Å²) in [6.07, 6.45) is 0. The van der Waals surface area contributed by atoms with Crippen molar-refractivity contribution in [3.63, 3.8) is 0 Å². The van der Waals surface area contributed by atoms with Gasteiger partial charge in [-0.25, -0.2) is 9.37 Å². The van der Waals surface area contributed by atoms with Crippen molar-refractivity contribution in [2.45, 2.75) is 6.54 Å². The molecule has 0 saturated carbocycles. The van der Waals surface area contributed by atoms with Gasteiger partial charge in [-0.1, -0.05) is 0 Å². The zero-order chi connectivity index (χ0) is 14.7. The molecule has 2 rings (SSSR count). The zero-order valence-electron chi connectivity index (χ0n) is 9.80. The van der Waals surface area contributed by atoms with Crippen LogP contribution >= 0.6 is 11.3 Å². The van der Waals surface area contributed by atoms with E-state index in [-0.39, 0.29) is 6.54 Å². The van der Waals surface area contributed by atoms with Gasteiger partial charge in [-0.05, 0) is 6.07 Å². The van der Waals surface area contributed by atoms with Crippen LogP contribution in [0.3, 0.4) is 0 Å². The molecule has 0 aliphatic carbocycles. The molecule has 104 valence electrons. The van der Waals surface area contributed by atoms with E-state index >= 15 is 0 Å². The van der Waals surface area contributed by atoms with Gasteiger partial charge in [0, 0.05) is 5.38 Å². The quantitative estimate of drug-likeness (QED) is 0.693. The Morgan fingerprint density at radius 1 is 1.40 bits per heavy atom. The molecule has 0 saturated heterocycles. The van der Waals surface area contributed by atoms with E-state index in [4.69, 9.17) is 0 Å². The monoisotopic (exact) mass is 299 g/mol. The molecule has 1 amide bonds. The van der Waals surface area contributed by atoms with Crippen LogP contribution in [0.15, 0.2) is 23.0 Å². The summed E-state index contributed by atoms with van der Waals surface area (Å²) in [7, 11) is 0. The predicted molar refractivity (Wildman–Crippen MR) is 66.3 cm³/mol. The van der Waals surface area contributed by atoms with E-state index in [0.717, 1.165) is 0 Å². The summed E-state index contributed by atoms with van der Waals surface area (Å²) in [4.78, 5) is 25.0. The number of carbonyl (C=O) groups excluding carboxylic acids is 1. The number of amides is 1. The molecule has 0 unspecified atom stereocenters. The number of rotatable bonds is 4. The lowest BCUT2D eigenvalue weighted by molar-refractivity contribution is -0.387. The highest BCUT2D eigenvalue weighted by Gasteiger charge is 2.21. The maximum Gasteiger partial charge on any atom is 0.307 e. The Balaban J connectivity index is 2.17. The van der Waals surface area contributed by atoms with Crippen molar-refractivity contribution >= 4 is 22.9 Å². The topological polar surface area (TPSA) is 85.1 Å². The van der Waals surface area contributed by atoms with Crippen LogP contribution in [0.1, 0.15) is 16.1 Å². The Bertz CT molecular complexity index is 661. The third kappa shape index (κ3) is 2.94. The second kappa shape index (κ2) is 5.70. The van der Waals surface area contributed by atoms with Gasteiger partial charge < -0.3 is 5.32 Å². The lowest BCUT2D eigenvalue weighted by atomic mass is 10.1. The van der Waals surface area contributed by atoms with Gasteiger partial charge in [0.15, 0.2) is 0 Å². The van der Waals surface area contributed by atoms with Gasteiger partial charge in [-0.3, -0.25) is 14.9 Å². The van der Waals surface area contributed by atoms with E-state index in [9.17, 15) is 23.7 Å².